The van der Waals surface area contributed by atoms with E-state index in [-0.39, 0.29) is 19.0 Å². The van der Waals surface area contributed by atoms with Crippen LogP contribution in [-0.4, -0.2) is 56.9 Å². The van der Waals surface area contributed by atoms with Crippen LogP contribution in [0.5, 0.6) is 0 Å². The third-order valence-corrected chi connectivity index (χ3v) is 7.51. The fourth-order valence-electron chi connectivity index (χ4n) is 3.96. The van der Waals surface area contributed by atoms with Crippen molar-refractivity contribution in [2.24, 2.45) is 22.7 Å². The average Bonchev–Trinajstić information content (AvgIpc) is 2.64. The molecule has 2 unspecified atom stereocenters. The van der Waals surface area contributed by atoms with Crippen molar-refractivity contribution < 1.29 is 21.6 Å². The Labute approximate surface area is 166 Å². The van der Waals surface area contributed by atoms with Gasteiger partial charge in [0.15, 0.2) is 5.96 Å². The van der Waals surface area contributed by atoms with Crippen molar-refractivity contribution in [3.63, 3.8) is 0 Å². The Morgan fingerprint density at radius 2 is 1.75 bits per heavy atom. The van der Waals surface area contributed by atoms with Gasteiger partial charge in [-0.05, 0) is 43.9 Å². The van der Waals surface area contributed by atoms with Gasteiger partial charge in [-0.25, -0.2) is 8.42 Å². The molecular weight excluding hydrogens is 393 g/mol. The second-order valence-electron chi connectivity index (χ2n) is 7.92. The van der Waals surface area contributed by atoms with Gasteiger partial charge in [0.05, 0.1) is 0 Å². The van der Waals surface area contributed by atoms with Crippen LogP contribution in [0.3, 0.4) is 0 Å². The Balaban J connectivity index is 1.83. The molecule has 0 aromatic carbocycles. The van der Waals surface area contributed by atoms with Crippen LogP contribution >= 0.6 is 0 Å². The second-order valence-corrected chi connectivity index (χ2v) is 9.84. The summed E-state index contributed by atoms with van der Waals surface area (Å²) in [5.41, 5.74) is -5.23. The first-order valence-corrected chi connectivity index (χ1v) is 11.7. The molecule has 2 fully saturated rings. The van der Waals surface area contributed by atoms with E-state index >= 15 is 0 Å². The molecule has 6 nitrogen and oxygen atoms in total. The molecule has 10 heteroatoms. The van der Waals surface area contributed by atoms with Crippen LogP contribution < -0.4 is 10.6 Å². The molecule has 1 heterocycles. The number of piperidine rings is 1. The molecule has 0 amide bonds. The summed E-state index contributed by atoms with van der Waals surface area (Å²) in [5, 5.41) is 6.61. The Bertz CT molecular complexity index is 617. The maximum Gasteiger partial charge on any atom is 0.511 e. The standard InChI is InChI=1S/C18H33F3N4O2S/c1-3-22-17(24-13-16-7-5-4-6-14(16)2)23-12-15-8-10-25(11-9-15)28(26,27)18(19,20)21/h14-16H,3-13H2,1-2H3,(H2,22,23,24). The lowest BCUT2D eigenvalue weighted by atomic mass is 9.80. The zero-order chi connectivity index (χ0) is 20.8. The SMILES string of the molecule is CCNC(=NCC1CCN(S(=O)(=O)C(F)(F)F)CC1)NCC1CCCCC1C. The topological polar surface area (TPSA) is 73.8 Å². The summed E-state index contributed by atoms with van der Waals surface area (Å²) in [4.78, 5) is 4.59. The van der Waals surface area contributed by atoms with E-state index in [1.165, 1.54) is 25.7 Å². The smallest absolute Gasteiger partial charge is 0.357 e. The maximum atomic E-state index is 12.7. The summed E-state index contributed by atoms with van der Waals surface area (Å²) in [5.74, 6) is 2.15. The van der Waals surface area contributed by atoms with Crippen molar-refractivity contribution in [2.45, 2.75) is 57.9 Å². The first-order valence-electron chi connectivity index (χ1n) is 10.2. The highest BCUT2D eigenvalue weighted by Crippen LogP contribution is 2.30. The van der Waals surface area contributed by atoms with Gasteiger partial charge < -0.3 is 10.6 Å². The van der Waals surface area contributed by atoms with Crippen LogP contribution in [0.1, 0.15) is 52.4 Å². The van der Waals surface area contributed by atoms with Crippen molar-refractivity contribution in [3.05, 3.63) is 0 Å². The van der Waals surface area contributed by atoms with Crippen molar-refractivity contribution in [1.82, 2.24) is 14.9 Å². The van der Waals surface area contributed by atoms with E-state index in [9.17, 15) is 21.6 Å². The number of halogens is 3. The first kappa shape index (κ1) is 23.3. The van der Waals surface area contributed by atoms with E-state index < -0.39 is 15.5 Å². The summed E-state index contributed by atoms with van der Waals surface area (Å²) < 4.78 is 61.5. The Hall–Kier alpha value is -1.03. The van der Waals surface area contributed by atoms with Gasteiger partial charge in [-0.3, -0.25) is 4.99 Å². The number of nitrogens with one attached hydrogen (secondary N) is 2. The number of sulfonamides is 1. The van der Waals surface area contributed by atoms with Crippen LogP contribution in [0, 0.1) is 17.8 Å². The molecule has 164 valence electrons. The quantitative estimate of drug-likeness (QED) is 0.506. The van der Waals surface area contributed by atoms with Gasteiger partial charge in [-0.1, -0.05) is 26.2 Å². The minimum absolute atomic E-state index is 0.0868. The number of alkyl halides is 3. The van der Waals surface area contributed by atoms with Gasteiger partial charge >= 0.3 is 15.5 Å². The van der Waals surface area contributed by atoms with E-state index in [1.807, 2.05) is 6.92 Å². The predicted octanol–water partition coefficient (Wildman–Crippen LogP) is 2.93. The third kappa shape index (κ3) is 6.23. The molecule has 2 N–H and O–H groups in total. The summed E-state index contributed by atoms with van der Waals surface area (Å²) in [6.07, 6.45) is 5.83. The van der Waals surface area contributed by atoms with Gasteiger partial charge in [-0.15, -0.1) is 0 Å². The number of nitrogens with zero attached hydrogens (tertiary/aromatic N) is 2. The zero-order valence-electron chi connectivity index (χ0n) is 16.8. The first-order chi connectivity index (χ1) is 13.1. The molecule has 0 radical (unpaired) electrons. The summed E-state index contributed by atoms with van der Waals surface area (Å²) in [6.45, 7) is 6.15. The predicted molar refractivity (Wildman–Crippen MR) is 104 cm³/mol. The molecule has 1 aliphatic heterocycles. The molecule has 2 atom stereocenters. The lowest BCUT2D eigenvalue weighted by molar-refractivity contribution is -0.0496. The Kier molecular flexibility index (Phi) is 8.42. The molecule has 0 spiro atoms. The van der Waals surface area contributed by atoms with E-state index in [0.717, 1.165) is 19.0 Å². The van der Waals surface area contributed by atoms with Crippen LogP contribution in [0.2, 0.25) is 0 Å². The molecular formula is C18H33F3N4O2S. The van der Waals surface area contributed by atoms with Crippen LogP contribution in [0.4, 0.5) is 13.2 Å². The minimum atomic E-state index is -5.23. The zero-order valence-corrected chi connectivity index (χ0v) is 17.6. The monoisotopic (exact) mass is 426 g/mol. The van der Waals surface area contributed by atoms with Crippen LogP contribution in [0.25, 0.3) is 0 Å². The third-order valence-electron chi connectivity index (χ3n) is 5.88. The van der Waals surface area contributed by atoms with Crippen LogP contribution in [0.15, 0.2) is 4.99 Å². The van der Waals surface area contributed by atoms with Crippen molar-refractivity contribution in [2.75, 3.05) is 32.7 Å². The normalized spacial score (nSPS) is 26.2. The minimum Gasteiger partial charge on any atom is -0.357 e. The van der Waals surface area contributed by atoms with E-state index in [1.54, 1.807) is 0 Å². The molecule has 2 aliphatic rings. The van der Waals surface area contributed by atoms with Gasteiger partial charge in [0.2, 0.25) is 0 Å². The number of hydrogen-bond acceptors (Lipinski definition) is 3. The second kappa shape index (κ2) is 10.1. The Morgan fingerprint density at radius 3 is 2.32 bits per heavy atom. The van der Waals surface area contributed by atoms with Crippen molar-refractivity contribution in [1.29, 1.82) is 0 Å². The lowest BCUT2D eigenvalue weighted by Gasteiger charge is -2.31. The summed E-state index contributed by atoms with van der Waals surface area (Å²) >= 11 is 0. The van der Waals surface area contributed by atoms with E-state index in [0.29, 0.717) is 35.5 Å². The van der Waals surface area contributed by atoms with Crippen molar-refractivity contribution >= 4 is 16.0 Å². The van der Waals surface area contributed by atoms with Gasteiger partial charge in [-0.2, -0.15) is 17.5 Å². The van der Waals surface area contributed by atoms with Gasteiger partial charge in [0.25, 0.3) is 0 Å². The molecule has 1 aliphatic carbocycles. The lowest BCUT2D eigenvalue weighted by Crippen LogP contribution is -2.45. The fourth-order valence-corrected chi connectivity index (χ4v) is 4.95. The van der Waals surface area contributed by atoms with E-state index in [4.69, 9.17) is 0 Å². The van der Waals surface area contributed by atoms with Crippen molar-refractivity contribution in [3.8, 4) is 0 Å². The average molecular weight is 427 g/mol. The number of guanidine groups is 1. The molecule has 1 saturated carbocycles. The number of hydrogen-bond donors (Lipinski definition) is 2. The molecule has 28 heavy (non-hydrogen) atoms. The van der Waals surface area contributed by atoms with Gasteiger partial charge in [0.1, 0.15) is 0 Å². The number of rotatable bonds is 6. The summed E-state index contributed by atoms with van der Waals surface area (Å²) in [7, 11) is -5.22. The molecule has 2 rings (SSSR count). The molecule has 0 aromatic rings. The highest BCUT2D eigenvalue weighted by Gasteiger charge is 2.50. The highest BCUT2D eigenvalue weighted by molar-refractivity contribution is 7.90. The molecule has 0 bridgehead atoms. The Morgan fingerprint density at radius 1 is 1.11 bits per heavy atom. The largest absolute Gasteiger partial charge is 0.511 e. The molecule has 0 aromatic heterocycles. The highest BCUT2D eigenvalue weighted by atomic mass is 32.2. The van der Waals surface area contributed by atoms with Crippen LogP contribution in [-0.2, 0) is 10.0 Å². The van der Waals surface area contributed by atoms with Gasteiger partial charge in [0, 0.05) is 32.7 Å². The summed E-state index contributed by atoms with van der Waals surface area (Å²) in [6, 6.07) is 0. The number of aliphatic imine (C=N–C) groups is 1. The fraction of sp³-hybridized carbons (Fsp3) is 0.944. The molecule has 1 saturated heterocycles. The maximum absolute atomic E-state index is 12.7. The van der Waals surface area contributed by atoms with E-state index in [2.05, 4.69) is 22.5 Å².